The number of hydrogen-bond donors (Lipinski definition) is 2. The second-order valence-electron chi connectivity index (χ2n) is 6.70. The maximum Gasteiger partial charge on any atom is 0.188 e. The van der Waals surface area contributed by atoms with Gasteiger partial charge in [-0.15, -0.1) is 0 Å². The average molecular weight is 334 g/mol. The van der Waals surface area contributed by atoms with Crippen molar-refractivity contribution < 1.29 is 9.13 Å². The van der Waals surface area contributed by atoms with Gasteiger partial charge in [0.2, 0.25) is 0 Å². The third-order valence-corrected chi connectivity index (χ3v) is 4.91. The van der Waals surface area contributed by atoms with E-state index < -0.39 is 0 Å². The summed E-state index contributed by atoms with van der Waals surface area (Å²) < 4.78 is 19.3. The van der Waals surface area contributed by atoms with Gasteiger partial charge in [0.25, 0.3) is 0 Å². The van der Waals surface area contributed by atoms with E-state index in [1.807, 2.05) is 12.1 Å². The predicted molar refractivity (Wildman–Crippen MR) is 93.7 cm³/mol. The zero-order valence-corrected chi connectivity index (χ0v) is 14.1. The normalized spacial score (nSPS) is 20.8. The Kier molecular flexibility index (Phi) is 5.68. The summed E-state index contributed by atoms with van der Waals surface area (Å²) in [7, 11) is 0. The van der Waals surface area contributed by atoms with Gasteiger partial charge in [-0.1, -0.05) is 18.2 Å². The van der Waals surface area contributed by atoms with Crippen molar-refractivity contribution in [3.05, 3.63) is 35.6 Å². The predicted octanol–water partition coefficient (Wildman–Crippen LogP) is 1.48. The second kappa shape index (κ2) is 7.94. The van der Waals surface area contributed by atoms with Crippen LogP contribution in [0.3, 0.4) is 0 Å². The number of benzene rings is 1. The van der Waals surface area contributed by atoms with E-state index in [-0.39, 0.29) is 11.2 Å². The number of ether oxygens (including phenoxy) is 1. The number of aliphatic imine (C=N–C) groups is 1. The van der Waals surface area contributed by atoms with Crippen LogP contribution in [0.4, 0.5) is 4.39 Å². The number of rotatable bonds is 7. The summed E-state index contributed by atoms with van der Waals surface area (Å²) in [4.78, 5) is 6.84. The van der Waals surface area contributed by atoms with Crippen molar-refractivity contribution in [2.45, 2.75) is 24.7 Å². The summed E-state index contributed by atoms with van der Waals surface area (Å²) in [6.07, 6.45) is 2.97. The number of nitrogens with zero attached hydrogens (tertiary/aromatic N) is 2. The minimum Gasteiger partial charge on any atom is -0.379 e. The molecule has 1 aromatic rings. The van der Waals surface area contributed by atoms with Gasteiger partial charge in [-0.3, -0.25) is 9.89 Å². The van der Waals surface area contributed by atoms with Gasteiger partial charge in [-0.2, -0.15) is 0 Å². The highest BCUT2D eigenvalue weighted by atomic mass is 19.1. The summed E-state index contributed by atoms with van der Waals surface area (Å²) in [5.74, 6) is 0.321. The first kappa shape index (κ1) is 17.2. The van der Waals surface area contributed by atoms with Crippen molar-refractivity contribution in [1.82, 2.24) is 10.2 Å². The van der Waals surface area contributed by atoms with Crippen LogP contribution >= 0.6 is 0 Å². The Hall–Kier alpha value is -1.66. The average Bonchev–Trinajstić information content (AvgIpc) is 3.39. The minimum absolute atomic E-state index is 0.137. The van der Waals surface area contributed by atoms with E-state index in [9.17, 15) is 4.39 Å². The number of hydrogen-bond acceptors (Lipinski definition) is 3. The standard InChI is InChI=1S/C18H27FN4O/c19-16-5-2-1-4-15(16)18(6-7-18)14-22-17(20)21-8-3-9-23-10-12-24-13-11-23/h1-2,4-5H,3,6-14H2,(H3,20,21,22). The molecule has 1 heterocycles. The fourth-order valence-electron chi connectivity index (χ4n) is 3.19. The highest BCUT2D eigenvalue weighted by Gasteiger charge is 2.45. The van der Waals surface area contributed by atoms with Gasteiger partial charge < -0.3 is 15.8 Å². The molecule has 6 heteroatoms. The Morgan fingerprint density at radius 2 is 2.04 bits per heavy atom. The molecule has 1 aromatic carbocycles. The second-order valence-corrected chi connectivity index (χ2v) is 6.70. The molecule has 5 nitrogen and oxygen atoms in total. The first-order valence-electron chi connectivity index (χ1n) is 8.79. The number of morpholine rings is 1. The summed E-state index contributed by atoms with van der Waals surface area (Å²) >= 11 is 0. The van der Waals surface area contributed by atoms with E-state index in [1.165, 1.54) is 6.07 Å². The molecular formula is C18H27FN4O. The molecule has 2 aliphatic rings. The first-order valence-corrected chi connectivity index (χ1v) is 8.79. The molecule has 0 spiro atoms. The van der Waals surface area contributed by atoms with Crippen molar-refractivity contribution in [2.24, 2.45) is 10.7 Å². The molecule has 24 heavy (non-hydrogen) atoms. The van der Waals surface area contributed by atoms with Crippen LogP contribution in [-0.2, 0) is 10.2 Å². The maximum absolute atomic E-state index is 14.0. The number of halogens is 1. The van der Waals surface area contributed by atoms with Crippen LogP contribution in [0.1, 0.15) is 24.8 Å². The quantitative estimate of drug-likeness (QED) is 0.450. The molecule has 3 rings (SSSR count). The molecule has 3 N–H and O–H groups in total. The summed E-state index contributed by atoms with van der Waals surface area (Å²) in [5, 5.41) is 3.16. The molecule has 132 valence electrons. The molecule has 0 amide bonds. The van der Waals surface area contributed by atoms with Crippen LogP contribution in [-0.4, -0.2) is 56.8 Å². The largest absolute Gasteiger partial charge is 0.379 e. The Labute approximate surface area is 143 Å². The van der Waals surface area contributed by atoms with Gasteiger partial charge >= 0.3 is 0 Å². The summed E-state index contributed by atoms with van der Waals surface area (Å²) in [6.45, 7) is 6.08. The van der Waals surface area contributed by atoms with Gasteiger partial charge in [0, 0.05) is 25.0 Å². The molecule has 0 bridgehead atoms. The lowest BCUT2D eigenvalue weighted by atomic mass is 9.95. The molecule has 1 saturated heterocycles. The lowest BCUT2D eigenvalue weighted by Gasteiger charge is -2.26. The van der Waals surface area contributed by atoms with E-state index in [0.29, 0.717) is 12.5 Å². The first-order chi connectivity index (χ1) is 11.7. The van der Waals surface area contributed by atoms with Crippen LogP contribution in [0, 0.1) is 5.82 Å². The topological polar surface area (TPSA) is 62.9 Å². The number of nitrogens with two attached hydrogens (primary N) is 1. The van der Waals surface area contributed by atoms with Crippen LogP contribution in [0.5, 0.6) is 0 Å². The van der Waals surface area contributed by atoms with Crippen molar-refractivity contribution in [1.29, 1.82) is 0 Å². The zero-order chi connectivity index (χ0) is 16.8. The Bertz CT molecular complexity index is 568. The number of nitrogens with one attached hydrogen (secondary N) is 1. The highest BCUT2D eigenvalue weighted by Crippen LogP contribution is 2.49. The van der Waals surface area contributed by atoms with Crippen LogP contribution in [0.15, 0.2) is 29.3 Å². The maximum atomic E-state index is 14.0. The van der Waals surface area contributed by atoms with Crippen molar-refractivity contribution in [3.63, 3.8) is 0 Å². The monoisotopic (exact) mass is 334 g/mol. The number of guanidine groups is 1. The van der Waals surface area contributed by atoms with Gasteiger partial charge in [0.1, 0.15) is 5.82 Å². The van der Waals surface area contributed by atoms with Gasteiger partial charge in [-0.25, -0.2) is 4.39 Å². The van der Waals surface area contributed by atoms with Crippen LogP contribution < -0.4 is 11.1 Å². The smallest absolute Gasteiger partial charge is 0.188 e. The van der Waals surface area contributed by atoms with Crippen molar-refractivity contribution >= 4 is 5.96 Å². The summed E-state index contributed by atoms with van der Waals surface area (Å²) in [5.41, 5.74) is 6.58. The fourth-order valence-corrected chi connectivity index (χ4v) is 3.19. The molecule has 0 atom stereocenters. The molecule has 2 fully saturated rings. The minimum atomic E-state index is -0.147. The summed E-state index contributed by atoms with van der Waals surface area (Å²) in [6, 6.07) is 6.99. The van der Waals surface area contributed by atoms with Gasteiger partial charge in [-0.05, 0) is 37.4 Å². The lowest BCUT2D eigenvalue weighted by Crippen LogP contribution is -2.39. The molecular weight excluding hydrogens is 307 g/mol. The van der Waals surface area contributed by atoms with Gasteiger partial charge in [0.05, 0.1) is 19.8 Å². The van der Waals surface area contributed by atoms with E-state index >= 15 is 0 Å². The molecule has 0 aromatic heterocycles. The molecule has 1 aliphatic heterocycles. The van der Waals surface area contributed by atoms with Crippen LogP contribution in [0.2, 0.25) is 0 Å². The van der Waals surface area contributed by atoms with Crippen molar-refractivity contribution in [2.75, 3.05) is 45.9 Å². The highest BCUT2D eigenvalue weighted by molar-refractivity contribution is 5.77. The van der Waals surface area contributed by atoms with Crippen molar-refractivity contribution in [3.8, 4) is 0 Å². The SMILES string of the molecule is NC(=NCC1(c2ccccc2F)CC1)NCCCN1CCOCC1. The molecule has 0 unspecified atom stereocenters. The molecule has 0 radical (unpaired) electrons. The Morgan fingerprint density at radius 1 is 1.29 bits per heavy atom. The fraction of sp³-hybridized carbons (Fsp3) is 0.611. The van der Waals surface area contributed by atoms with E-state index in [4.69, 9.17) is 10.5 Å². The lowest BCUT2D eigenvalue weighted by molar-refractivity contribution is 0.0376. The zero-order valence-electron chi connectivity index (χ0n) is 14.1. The van der Waals surface area contributed by atoms with E-state index in [0.717, 1.165) is 64.2 Å². The van der Waals surface area contributed by atoms with Gasteiger partial charge in [0.15, 0.2) is 5.96 Å². The third kappa shape index (κ3) is 4.45. The molecule has 1 aliphatic carbocycles. The van der Waals surface area contributed by atoms with E-state index in [2.05, 4.69) is 15.2 Å². The van der Waals surface area contributed by atoms with Crippen LogP contribution in [0.25, 0.3) is 0 Å². The Balaban J connectivity index is 1.41. The third-order valence-electron chi connectivity index (χ3n) is 4.91. The Morgan fingerprint density at radius 3 is 2.75 bits per heavy atom. The van der Waals surface area contributed by atoms with E-state index in [1.54, 1.807) is 6.07 Å². The molecule has 1 saturated carbocycles.